The molecule has 2 aromatic heterocycles. The van der Waals surface area contributed by atoms with Crippen molar-refractivity contribution in [3.63, 3.8) is 0 Å². The minimum Gasteiger partial charge on any atom is -0.231 e. The maximum atomic E-state index is 6.57. The van der Waals surface area contributed by atoms with Crippen molar-refractivity contribution in [1.29, 1.82) is 0 Å². The fourth-order valence-electron chi connectivity index (χ4n) is 4.32. The SMILES string of the molecule is Cc1c(-c2nnc(C3CCCCC3)s2)nn(-c2ccc(Cl)cc2Cl)c1-c1ccc(Cl)cc1. The number of benzene rings is 2. The number of hydrogen-bond acceptors (Lipinski definition) is 4. The molecule has 1 aliphatic carbocycles. The molecular formula is C24H21Cl3N4S. The Bertz CT molecular complexity index is 1260. The van der Waals surface area contributed by atoms with Crippen molar-refractivity contribution in [2.45, 2.75) is 44.9 Å². The van der Waals surface area contributed by atoms with Crippen LogP contribution >= 0.6 is 46.1 Å². The van der Waals surface area contributed by atoms with E-state index in [2.05, 4.69) is 17.1 Å². The van der Waals surface area contributed by atoms with E-state index in [1.807, 2.05) is 41.1 Å². The van der Waals surface area contributed by atoms with Crippen LogP contribution < -0.4 is 0 Å². The van der Waals surface area contributed by atoms with Crippen LogP contribution in [0.15, 0.2) is 42.5 Å². The maximum Gasteiger partial charge on any atom is 0.168 e. The number of aromatic nitrogens is 4. The Morgan fingerprint density at radius 3 is 2.34 bits per heavy atom. The molecule has 0 spiro atoms. The molecule has 0 aliphatic heterocycles. The molecule has 2 aromatic carbocycles. The van der Waals surface area contributed by atoms with E-state index in [4.69, 9.17) is 39.9 Å². The first-order valence-electron chi connectivity index (χ1n) is 10.7. The molecule has 0 radical (unpaired) electrons. The fourth-order valence-corrected chi connectivity index (χ4v) is 5.99. The monoisotopic (exact) mass is 502 g/mol. The average Bonchev–Trinajstić information content (AvgIpc) is 3.40. The molecule has 32 heavy (non-hydrogen) atoms. The van der Waals surface area contributed by atoms with Gasteiger partial charge in [-0.3, -0.25) is 0 Å². The van der Waals surface area contributed by atoms with Crippen molar-refractivity contribution in [2.24, 2.45) is 0 Å². The van der Waals surface area contributed by atoms with Gasteiger partial charge in [-0.2, -0.15) is 5.10 Å². The molecule has 1 aliphatic rings. The van der Waals surface area contributed by atoms with Crippen LogP contribution in [0.2, 0.25) is 15.1 Å². The third-order valence-corrected chi connectivity index (χ3v) is 7.86. The van der Waals surface area contributed by atoms with Crippen molar-refractivity contribution < 1.29 is 0 Å². The summed E-state index contributed by atoms with van der Waals surface area (Å²) in [5.74, 6) is 0.513. The van der Waals surface area contributed by atoms with Crippen molar-refractivity contribution in [3.05, 3.63) is 68.1 Å². The van der Waals surface area contributed by atoms with Gasteiger partial charge in [0.2, 0.25) is 0 Å². The zero-order valence-corrected chi connectivity index (χ0v) is 20.6. The largest absolute Gasteiger partial charge is 0.231 e. The van der Waals surface area contributed by atoms with Crippen molar-refractivity contribution in [1.82, 2.24) is 20.0 Å². The smallest absolute Gasteiger partial charge is 0.168 e. The van der Waals surface area contributed by atoms with E-state index >= 15 is 0 Å². The Morgan fingerprint density at radius 2 is 1.62 bits per heavy atom. The molecule has 0 unspecified atom stereocenters. The van der Waals surface area contributed by atoms with Gasteiger partial charge in [-0.1, -0.05) is 77.5 Å². The van der Waals surface area contributed by atoms with Gasteiger partial charge < -0.3 is 0 Å². The van der Waals surface area contributed by atoms with Crippen LogP contribution in [-0.4, -0.2) is 20.0 Å². The molecule has 0 atom stereocenters. The van der Waals surface area contributed by atoms with E-state index in [0.717, 1.165) is 38.2 Å². The zero-order chi connectivity index (χ0) is 22.2. The highest BCUT2D eigenvalue weighted by atomic mass is 35.5. The molecule has 4 aromatic rings. The van der Waals surface area contributed by atoms with Crippen molar-refractivity contribution in [2.75, 3.05) is 0 Å². The number of hydrogen-bond donors (Lipinski definition) is 0. The van der Waals surface area contributed by atoms with Gasteiger partial charge in [-0.15, -0.1) is 10.2 Å². The van der Waals surface area contributed by atoms with Crippen LogP contribution in [0.25, 0.3) is 27.6 Å². The summed E-state index contributed by atoms with van der Waals surface area (Å²) in [5.41, 5.74) is 4.53. The zero-order valence-electron chi connectivity index (χ0n) is 17.5. The minimum absolute atomic E-state index is 0.513. The molecule has 4 nitrogen and oxygen atoms in total. The van der Waals surface area contributed by atoms with E-state index in [0.29, 0.717) is 21.0 Å². The normalized spacial score (nSPS) is 14.8. The molecule has 164 valence electrons. The van der Waals surface area contributed by atoms with Gasteiger partial charge in [-0.25, -0.2) is 4.68 Å². The second-order valence-corrected chi connectivity index (χ2v) is 10.4. The summed E-state index contributed by atoms with van der Waals surface area (Å²) in [6.07, 6.45) is 6.24. The molecule has 0 bridgehead atoms. The number of rotatable bonds is 4. The summed E-state index contributed by atoms with van der Waals surface area (Å²) in [6.45, 7) is 2.06. The minimum atomic E-state index is 0.513. The van der Waals surface area contributed by atoms with Crippen LogP contribution in [0, 0.1) is 6.92 Å². The topological polar surface area (TPSA) is 43.6 Å². The molecule has 0 N–H and O–H groups in total. The molecule has 2 heterocycles. The van der Waals surface area contributed by atoms with E-state index in [1.165, 1.54) is 32.1 Å². The maximum absolute atomic E-state index is 6.57. The second kappa shape index (κ2) is 9.14. The van der Waals surface area contributed by atoms with E-state index in [9.17, 15) is 0 Å². The van der Waals surface area contributed by atoms with E-state index in [-0.39, 0.29) is 0 Å². The van der Waals surface area contributed by atoms with Gasteiger partial charge in [0, 0.05) is 27.1 Å². The fraction of sp³-hybridized carbons (Fsp3) is 0.292. The van der Waals surface area contributed by atoms with Crippen molar-refractivity contribution >= 4 is 46.1 Å². The quantitative estimate of drug-likeness (QED) is 0.281. The van der Waals surface area contributed by atoms with Crippen LogP contribution in [0.5, 0.6) is 0 Å². The highest BCUT2D eigenvalue weighted by Gasteiger charge is 2.25. The number of nitrogens with zero attached hydrogens (tertiary/aromatic N) is 4. The Kier molecular flexibility index (Phi) is 6.26. The second-order valence-electron chi connectivity index (χ2n) is 8.12. The summed E-state index contributed by atoms with van der Waals surface area (Å²) in [6, 6.07) is 13.2. The van der Waals surface area contributed by atoms with Gasteiger partial charge in [0.15, 0.2) is 5.01 Å². The lowest BCUT2D eigenvalue weighted by Gasteiger charge is -2.18. The summed E-state index contributed by atoms with van der Waals surface area (Å²) in [5, 5.41) is 17.8. The van der Waals surface area contributed by atoms with E-state index in [1.54, 1.807) is 17.4 Å². The highest BCUT2D eigenvalue weighted by Crippen LogP contribution is 2.40. The molecule has 8 heteroatoms. The van der Waals surface area contributed by atoms with Gasteiger partial charge in [0.1, 0.15) is 10.7 Å². The first-order chi connectivity index (χ1) is 15.5. The molecule has 5 rings (SSSR count). The molecule has 1 saturated carbocycles. The van der Waals surface area contributed by atoms with Crippen molar-refractivity contribution in [3.8, 4) is 27.6 Å². The molecule has 0 amide bonds. The van der Waals surface area contributed by atoms with Crippen LogP contribution in [0.4, 0.5) is 0 Å². The molecule has 1 fully saturated rings. The Hall–Kier alpha value is -1.92. The predicted molar refractivity (Wildman–Crippen MR) is 133 cm³/mol. The first-order valence-corrected chi connectivity index (χ1v) is 12.6. The Balaban J connectivity index is 1.64. The van der Waals surface area contributed by atoms with Crippen LogP contribution in [0.1, 0.15) is 48.6 Å². The predicted octanol–water partition coefficient (Wildman–Crippen LogP) is 8.37. The third-order valence-electron chi connectivity index (χ3n) is 5.98. The molecule has 0 saturated heterocycles. The van der Waals surface area contributed by atoms with Gasteiger partial charge >= 0.3 is 0 Å². The Labute approximate surface area is 206 Å². The van der Waals surface area contributed by atoms with Crippen LogP contribution in [0.3, 0.4) is 0 Å². The standard InChI is InChI=1S/C24H21Cl3N4S/c1-14-21(24-29-28-23(32-24)16-5-3-2-4-6-16)30-31(20-12-11-18(26)13-19(20)27)22(14)15-7-9-17(25)10-8-15/h7-13,16H,2-6H2,1H3. The highest BCUT2D eigenvalue weighted by molar-refractivity contribution is 7.14. The first kappa shape index (κ1) is 21.9. The lowest BCUT2D eigenvalue weighted by atomic mass is 9.90. The lowest BCUT2D eigenvalue weighted by molar-refractivity contribution is 0.440. The van der Waals surface area contributed by atoms with Gasteiger partial charge in [-0.05, 0) is 50.1 Å². The summed E-state index contributed by atoms with van der Waals surface area (Å²) in [4.78, 5) is 0. The van der Waals surface area contributed by atoms with Crippen LogP contribution in [-0.2, 0) is 0 Å². The summed E-state index contributed by atoms with van der Waals surface area (Å²) in [7, 11) is 0. The average molecular weight is 504 g/mol. The third kappa shape index (κ3) is 4.19. The van der Waals surface area contributed by atoms with Gasteiger partial charge in [0.25, 0.3) is 0 Å². The van der Waals surface area contributed by atoms with Gasteiger partial charge in [0.05, 0.1) is 16.4 Å². The summed E-state index contributed by atoms with van der Waals surface area (Å²) < 4.78 is 1.87. The molecular weight excluding hydrogens is 483 g/mol. The lowest BCUT2D eigenvalue weighted by Crippen LogP contribution is -2.03. The van der Waals surface area contributed by atoms with E-state index < -0.39 is 0 Å². The summed E-state index contributed by atoms with van der Waals surface area (Å²) >= 11 is 20.5. The number of halogens is 3. The Morgan fingerprint density at radius 1 is 0.906 bits per heavy atom.